The van der Waals surface area contributed by atoms with Gasteiger partial charge in [0, 0.05) is 5.69 Å². The van der Waals surface area contributed by atoms with E-state index in [-0.39, 0.29) is 5.97 Å². The Hall–Kier alpha value is -2.29. The molecule has 0 spiro atoms. The maximum Gasteiger partial charge on any atom is 0.336 e. The van der Waals surface area contributed by atoms with Gasteiger partial charge in [-0.3, -0.25) is 0 Å². The highest BCUT2D eigenvalue weighted by Crippen LogP contribution is 2.31. The molecular weight excluding hydrogens is 262 g/mol. The number of benzene rings is 2. The summed E-state index contributed by atoms with van der Waals surface area (Å²) in [7, 11) is 1.42. The number of nitrogens with one attached hydrogen (secondary N) is 1. The summed E-state index contributed by atoms with van der Waals surface area (Å²) in [6.07, 6.45) is 0.595. The third-order valence-electron chi connectivity index (χ3n) is 3.74. The monoisotopic (exact) mass is 283 g/mol. The summed E-state index contributed by atoms with van der Waals surface area (Å²) in [6.45, 7) is 4.01. The van der Waals surface area contributed by atoms with Crippen molar-refractivity contribution in [3.05, 3.63) is 65.7 Å². The van der Waals surface area contributed by atoms with Crippen molar-refractivity contribution in [3.63, 3.8) is 0 Å². The van der Waals surface area contributed by atoms with Crippen LogP contribution in [0.2, 0.25) is 0 Å². The van der Waals surface area contributed by atoms with E-state index in [0.29, 0.717) is 6.42 Å². The van der Waals surface area contributed by atoms with Crippen LogP contribution in [0.25, 0.3) is 0 Å². The first kappa shape index (κ1) is 15.1. The number of anilines is 1. The zero-order valence-corrected chi connectivity index (χ0v) is 12.7. The van der Waals surface area contributed by atoms with Crippen molar-refractivity contribution < 1.29 is 9.53 Å². The molecule has 0 radical (unpaired) electrons. The molecule has 2 rings (SSSR count). The Kier molecular flexibility index (Phi) is 4.63. The zero-order chi connectivity index (χ0) is 15.3. The predicted molar refractivity (Wildman–Crippen MR) is 85.2 cm³/mol. The summed E-state index contributed by atoms with van der Waals surface area (Å²) < 4.78 is 5.06. The van der Waals surface area contributed by atoms with Gasteiger partial charge < -0.3 is 10.1 Å². The van der Waals surface area contributed by atoms with Crippen molar-refractivity contribution in [2.24, 2.45) is 0 Å². The van der Waals surface area contributed by atoms with Crippen LogP contribution in [0, 0.1) is 6.92 Å². The summed E-state index contributed by atoms with van der Waals surface area (Å²) in [6, 6.07) is 17.7. The van der Waals surface area contributed by atoms with E-state index in [2.05, 4.69) is 5.32 Å². The third kappa shape index (κ3) is 3.07. The number of aryl methyl sites for hydroxylation is 1. The molecule has 0 bridgehead atoms. The Balaban J connectivity index is 2.47. The fourth-order valence-corrected chi connectivity index (χ4v) is 2.46. The van der Waals surface area contributed by atoms with Gasteiger partial charge in [0.15, 0.2) is 5.54 Å². The van der Waals surface area contributed by atoms with E-state index < -0.39 is 5.54 Å². The zero-order valence-electron chi connectivity index (χ0n) is 12.7. The van der Waals surface area contributed by atoms with Gasteiger partial charge in [-0.2, -0.15) is 0 Å². The molecule has 110 valence electrons. The van der Waals surface area contributed by atoms with Crippen molar-refractivity contribution in [1.29, 1.82) is 0 Å². The van der Waals surface area contributed by atoms with E-state index >= 15 is 0 Å². The number of methoxy groups -OCH3 is 1. The van der Waals surface area contributed by atoms with Gasteiger partial charge in [-0.05, 0) is 31.0 Å². The first-order valence-electron chi connectivity index (χ1n) is 7.11. The summed E-state index contributed by atoms with van der Waals surface area (Å²) in [5.41, 5.74) is 2.09. The van der Waals surface area contributed by atoms with E-state index in [1.165, 1.54) is 7.11 Å². The molecule has 2 aromatic carbocycles. The highest BCUT2D eigenvalue weighted by Gasteiger charge is 2.39. The first-order valence-corrected chi connectivity index (χ1v) is 7.11. The van der Waals surface area contributed by atoms with Crippen LogP contribution in [0.1, 0.15) is 24.5 Å². The number of para-hydroxylation sites is 1. The number of carbonyl (C=O) groups is 1. The van der Waals surface area contributed by atoms with Crippen LogP contribution in [0.3, 0.4) is 0 Å². The minimum atomic E-state index is -0.871. The molecule has 1 N–H and O–H groups in total. The van der Waals surface area contributed by atoms with Gasteiger partial charge in [-0.1, -0.05) is 55.0 Å². The number of hydrogen-bond donors (Lipinski definition) is 1. The van der Waals surface area contributed by atoms with E-state index in [1.54, 1.807) is 0 Å². The van der Waals surface area contributed by atoms with Crippen molar-refractivity contribution in [2.75, 3.05) is 12.4 Å². The van der Waals surface area contributed by atoms with Crippen molar-refractivity contribution in [2.45, 2.75) is 25.8 Å². The molecule has 2 aromatic rings. The SMILES string of the molecule is CCC(Nc1ccccc1)(C(=O)OC)c1ccc(C)cc1. The van der Waals surface area contributed by atoms with Gasteiger partial charge in [-0.25, -0.2) is 4.79 Å². The number of esters is 1. The molecule has 0 aliphatic heterocycles. The minimum Gasteiger partial charge on any atom is -0.467 e. The number of rotatable bonds is 5. The Morgan fingerprint density at radius 2 is 1.71 bits per heavy atom. The molecule has 21 heavy (non-hydrogen) atoms. The minimum absolute atomic E-state index is 0.280. The summed E-state index contributed by atoms with van der Waals surface area (Å²) >= 11 is 0. The molecule has 3 heteroatoms. The van der Waals surface area contributed by atoms with Gasteiger partial charge in [0.2, 0.25) is 0 Å². The highest BCUT2D eigenvalue weighted by molar-refractivity contribution is 5.86. The quantitative estimate of drug-likeness (QED) is 0.846. The summed E-state index contributed by atoms with van der Waals surface area (Å²) in [5, 5.41) is 3.35. The van der Waals surface area contributed by atoms with Crippen LogP contribution in [0.4, 0.5) is 5.69 Å². The average molecular weight is 283 g/mol. The Bertz CT molecular complexity index is 592. The van der Waals surface area contributed by atoms with Crippen molar-refractivity contribution >= 4 is 11.7 Å². The second kappa shape index (κ2) is 6.44. The molecule has 3 nitrogen and oxygen atoms in total. The van der Waals surface area contributed by atoms with Gasteiger partial charge in [0.25, 0.3) is 0 Å². The molecule has 0 aliphatic rings. The van der Waals surface area contributed by atoms with Gasteiger partial charge in [0.1, 0.15) is 0 Å². The van der Waals surface area contributed by atoms with Crippen LogP contribution in [-0.4, -0.2) is 13.1 Å². The van der Waals surface area contributed by atoms with Gasteiger partial charge in [-0.15, -0.1) is 0 Å². The first-order chi connectivity index (χ1) is 10.1. The van der Waals surface area contributed by atoms with Crippen LogP contribution in [0.5, 0.6) is 0 Å². The lowest BCUT2D eigenvalue weighted by atomic mass is 9.86. The standard InChI is InChI=1S/C18H21NO2/c1-4-18(17(20)21-3,15-12-10-14(2)11-13-15)19-16-8-6-5-7-9-16/h5-13,19H,4H2,1-3H3. The maximum absolute atomic E-state index is 12.5. The molecule has 0 fully saturated rings. The fourth-order valence-electron chi connectivity index (χ4n) is 2.46. The number of carbonyl (C=O) groups excluding carboxylic acids is 1. The molecule has 0 aromatic heterocycles. The van der Waals surface area contributed by atoms with Crippen LogP contribution in [0.15, 0.2) is 54.6 Å². The largest absolute Gasteiger partial charge is 0.467 e. The molecular formula is C18H21NO2. The van der Waals surface area contributed by atoms with E-state index in [9.17, 15) is 4.79 Å². The van der Waals surface area contributed by atoms with Crippen LogP contribution < -0.4 is 5.32 Å². The highest BCUT2D eigenvalue weighted by atomic mass is 16.5. The Labute approximate surface area is 126 Å². The summed E-state index contributed by atoms with van der Waals surface area (Å²) in [4.78, 5) is 12.5. The molecule has 0 saturated carbocycles. The second-order valence-corrected chi connectivity index (χ2v) is 5.11. The molecule has 0 amide bonds. The average Bonchev–Trinajstić information content (AvgIpc) is 2.54. The maximum atomic E-state index is 12.5. The normalized spacial score (nSPS) is 13.3. The van der Waals surface area contributed by atoms with Crippen molar-refractivity contribution in [3.8, 4) is 0 Å². The molecule has 0 aliphatic carbocycles. The lowest BCUT2D eigenvalue weighted by Gasteiger charge is -2.32. The van der Waals surface area contributed by atoms with Gasteiger partial charge >= 0.3 is 5.97 Å². The topological polar surface area (TPSA) is 38.3 Å². The number of ether oxygens (including phenoxy) is 1. The van der Waals surface area contributed by atoms with Crippen LogP contribution >= 0.6 is 0 Å². The summed E-state index contributed by atoms with van der Waals surface area (Å²) in [5.74, 6) is -0.280. The molecule has 0 heterocycles. The van der Waals surface area contributed by atoms with Crippen LogP contribution in [-0.2, 0) is 15.1 Å². The smallest absolute Gasteiger partial charge is 0.336 e. The second-order valence-electron chi connectivity index (χ2n) is 5.11. The lowest BCUT2D eigenvalue weighted by molar-refractivity contribution is -0.146. The molecule has 1 atom stereocenters. The van der Waals surface area contributed by atoms with Gasteiger partial charge in [0.05, 0.1) is 7.11 Å². The molecule has 1 unspecified atom stereocenters. The third-order valence-corrected chi connectivity index (χ3v) is 3.74. The Morgan fingerprint density at radius 1 is 1.10 bits per heavy atom. The number of hydrogen-bond acceptors (Lipinski definition) is 3. The Morgan fingerprint density at radius 3 is 2.24 bits per heavy atom. The lowest BCUT2D eigenvalue weighted by Crippen LogP contribution is -2.43. The van der Waals surface area contributed by atoms with Crippen molar-refractivity contribution in [1.82, 2.24) is 0 Å². The van der Waals surface area contributed by atoms with E-state index in [1.807, 2.05) is 68.4 Å². The van der Waals surface area contributed by atoms with E-state index in [4.69, 9.17) is 4.74 Å². The van der Waals surface area contributed by atoms with E-state index in [0.717, 1.165) is 16.8 Å². The molecule has 0 saturated heterocycles. The predicted octanol–water partition coefficient (Wildman–Crippen LogP) is 3.89. The fraction of sp³-hybridized carbons (Fsp3) is 0.278.